The molecule has 0 saturated carbocycles. The van der Waals surface area contributed by atoms with Crippen LogP contribution in [0.25, 0.3) is 11.2 Å². The minimum atomic E-state index is -4.38. The molecule has 0 N–H and O–H groups in total. The smallest absolute Gasteiger partial charge is 0.391 e. The Kier molecular flexibility index (Phi) is 6.28. The van der Waals surface area contributed by atoms with Crippen LogP contribution in [0.5, 0.6) is 0 Å². The van der Waals surface area contributed by atoms with Crippen molar-refractivity contribution in [1.29, 1.82) is 0 Å². The summed E-state index contributed by atoms with van der Waals surface area (Å²) in [5.74, 6) is 0.00222. The van der Waals surface area contributed by atoms with Gasteiger partial charge in [-0.15, -0.1) is 16.9 Å². The Morgan fingerprint density at radius 3 is 2.84 bits per heavy atom. The molecule has 1 atom stereocenters. The first kappa shape index (κ1) is 21.4. The number of alkyl halides is 3. The van der Waals surface area contributed by atoms with Gasteiger partial charge < -0.3 is 14.5 Å². The fourth-order valence-electron chi connectivity index (χ4n) is 3.01. The average Bonchev–Trinajstić information content (AvgIpc) is 3.19. The summed E-state index contributed by atoms with van der Waals surface area (Å²) in [7, 11) is 0. The molecule has 31 heavy (non-hydrogen) atoms. The monoisotopic (exact) mass is 453 g/mol. The zero-order valence-corrected chi connectivity index (χ0v) is 17.0. The number of benzene rings is 1. The normalized spacial score (nSPS) is 17.1. The Morgan fingerprint density at radius 1 is 1.26 bits per heavy atom. The van der Waals surface area contributed by atoms with Crippen molar-refractivity contribution < 1.29 is 27.5 Å². The maximum atomic E-state index is 12.6. The number of morpholine rings is 1. The van der Waals surface area contributed by atoms with Crippen LogP contribution < -0.4 is 4.84 Å². The van der Waals surface area contributed by atoms with E-state index < -0.39 is 11.7 Å². The summed E-state index contributed by atoms with van der Waals surface area (Å²) in [6, 6.07) is 8.27. The number of hydrogen-bond acceptors (Lipinski definition) is 7. The van der Waals surface area contributed by atoms with Gasteiger partial charge in [-0.05, 0) is 41.6 Å². The van der Waals surface area contributed by atoms with E-state index in [9.17, 15) is 18.0 Å². The number of hydrogen-bond donors (Lipinski definition) is 0. The highest BCUT2D eigenvalue weighted by atomic mass is 32.2. The number of pyridine rings is 1. The van der Waals surface area contributed by atoms with Crippen LogP contribution >= 0.6 is 11.8 Å². The molecule has 1 amide bonds. The topological polar surface area (TPSA) is 82.4 Å². The van der Waals surface area contributed by atoms with Crippen molar-refractivity contribution in [2.24, 2.45) is 0 Å². The molecule has 12 heteroatoms. The lowest BCUT2D eigenvalue weighted by Crippen LogP contribution is -2.48. The van der Waals surface area contributed by atoms with E-state index in [1.807, 2.05) is 0 Å². The SMILES string of the molecule is O=C(CSc1ccc(C(F)(F)F)cc1)N1CCOC(COn2nnc3cccnc32)C1. The van der Waals surface area contributed by atoms with Crippen LogP contribution in [0, 0.1) is 0 Å². The largest absolute Gasteiger partial charge is 0.416 e. The first-order valence-electron chi connectivity index (χ1n) is 9.39. The molecule has 1 aliphatic rings. The summed E-state index contributed by atoms with van der Waals surface area (Å²) in [6.45, 7) is 1.30. The highest BCUT2D eigenvalue weighted by Crippen LogP contribution is 2.30. The summed E-state index contributed by atoms with van der Waals surface area (Å²) in [4.78, 5) is 25.8. The molecule has 0 radical (unpaired) electrons. The number of aromatic nitrogens is 4. The van der Waals surface area contributed by atoms with Gasteiger partial charge in [-0.1, -0.05) is 4.85 Å². The zero-order valence-electron chi connectivity index (χ0n) is 16.2. The van der Waals surface area contributed by atoms with Gasteiger partial charge in [0.05, 0.1) is 24.5 Å². The molecule has 1 unspecified atom stereocenters. The lowest BCUT2D eigenvalue weighted by molar-refractivity contribution is -0.139. The molecule has 1 aromatic carbocycles. The molecule has 0 spiro atoms. The van der Waals surface area contributed by atoms with Gasteiger partial charge >= 0.3 is 6.18 Å². The Labute approximate surface area is 179 Å². The van der Waals surface area contributed by atoms with Gasteiger partial charge in [0.25, 0.3) is 0 Å². The number of halogens is 3. The van der Waals surface area contributed by atoms with Crippen LogP contribution in [0.2, 0.25) is 0 Å². The number of carbonyl (C=O) groups is 1. The van der Waals surface area contributed by atoms with Crippen molar-refractivity contribution in [1.82, 2.24) is 25.0 Å². The molecule has 164 valence electrons. The quantitative estimate of drug-likeness (QED) is 0.530. The molecule has 3 aromatic rings. The van der Waals surface area contributed by atoms with E-state index in [0.29, 0.717) is 35.8 Å². The molecule has 3 heterocycles. The van der Waals surface area contributed by atoms with Crippen LogP contribution in [0.15, 0.2) is 47.5 Å². The summed E-state index contributed by atoms with van der Waals surface area (Å²) >= 11 is 1.19. The van der Waals surface area contributed by atoms with Crippen molar-refractivity contribution >= 4 is 28.8 Å². The van der Waals surface area contributed by atoms with Crippen molar-refractivity contribution in [2.75, 3.05) is 32.1 Å². The van der Waals surface area contributed by atoms with Crippen LogP contribution in [0.4, 0.5) is 13.2 Å². The molecule has 1 fully saturated rings. The molecular weight excluding hydrogens is 435 g/mol. The number of nitrogens with zero attached hydrogens (tertiary/aromatic N) is 5. The van der Waals surface area contributed by atoms with E-state index in [4.69, 9.17) is 9.57 Å². The highest BCUT2D eigenvalue weighted by Gasteiger charge is 2.30. The van der Waals surface area contributed by atoms with Crippen LogP contribution in [0.3, 0.4) is 0 Å². The van der Waals surface area contributed by atoms with Gasteiger partial charge in [-0.3, -0.25) is 4.79 Å². The third-order valence-corrected chi connectivity index (χ3v) is 5.60. The first-order valence-corrected chi connectivity index (χ1v) is 10.4. The first-order chi connectivity index (χ1) is 14.9. The maximum Gasteiger partial charge on any atom is 0.416 e. The van der Waals surface area contributed by atoms with Gasteiger partial charge in [0, 0.05) is 17.6 Å². The van der Waals surface area contributed by atoms with Crippen molar-refractivity contribution in [3.8, 4) is 0 Å². The number of fused-ring (bicyclic) bond motifs is 1. The lowest BCUT2D eigenvalue weighted by atomic mass is 10.2. The maximum absolute atomic E-state index is 12.6. The van der Waals surface area contributed by atoms with E-state index in [0.717, 1.165) is 12.1 Å². The highest BCUT2D eigenvalue weighted by molar-refractivity contribution is 8.00. The molecule has 2 aromatic heterocycles. The van der Waals surface area contributed by atoms with Crippen LogP contribution in [0.1, 0.15) is 5.56 Å². The average molecular weight is 453 g/mol. The fourth-order valence-corrected chi connectivity index (χ4v) is 3.81. The van der Waals surface area contributed by atoms with Crippen molar-refractivity contribution in [3.05, 3.63) is 48.2 Å². The van der Waals surface area contributed by atoms with Crippen LogP contribution in [-0.4, -0.2) is 69.1 Å². The minimum Gasteiger partial charge on any atom is -0.391 e. The number of carbonyl (C=O) groups excluding carboxylic acids is 1. The van der Waals surface area contributed by atoms with Gasteiger partial charge in [0.2, 0.25) is 11.6 Å². The summed E-state index contributed by atoms with van der Waals surface area (Å²) < 4.78 is 43.6. The molecule has 0 bridgehead atoms. The van der Waals surface area contributed by atoms with E-state index in [2.05, 4.69) is 15.3 Å². The molecule has 8 nitrogen and oxygen atoms in total. The predicted octanol–water partition coefficient (Wildman–Crippen LogP) is 2.29. The molecule has 1 aliphatic heterocycles. The minimum absolute atomic E-state index is 0.119. The Hall–Kier alpha value is -2.86. The summed E-state index contributed by atoms with van der Waals surface area (Å²) in [5.41, 5.74) is 0.373. The second kappa shape index (κ2) is 9.10. The van der Waals surface area contributed by atoms with Gasteiger partial charge in [0.1, 0.15) is 18.2 Å². The number of ether oxygens (including phenoxy) is 1. The third kappa shape index (κ3) is 5.25. The second-order valence-electron chi connectivity index (χ2n) is 6.75. The van der Waals surface area contributed by atoms with Crippen molar-refractivity contribution in [2.45, 2.75) is 17.2 Å². The van der Waals surface area contributed by atoms with Gasteiger partial charge in [-0.2, -0.15) is 13.2 Å². The summed E-state index contributed by atoms with van der Waals surface area (Å²) in [6.07, 6.45) is -3.12. The molecular formula is C19H18F3N5O3S. The summed E-state index contributed by atoms with van der Waals surface area (Å²) in [5, 5.41) is 7.84. The predicted molar refractivity (Wildman–Crippen MR) is 105 cm³/mol. The van der Waals surface area contributed by atoms with E-state index in [-0.39, 0.29) is 24.4 Å². The number of thioether (sulfide) groups is 1. The zero-order chi connectivity index (χ0) is 21.8. The molecule has 1 saturated heterocycles. The van der Waals surface area contributed by atoms with Crippen molar-refractivity contribution in [3.63, 3.8) is 0 Å². The molecule has 4 rings (SSSR count). The fraction of sp³-hybridized carbons (Fsp3) is 0.368. The lowest BCUT2D eigenvalue weighted by Gasteiger charge is -2.32. The second-order valence-corrected chi connectivity index (χ2v) is 7.80. The number of rotatable bonds is 6. The standard InChI is InChI=1S/C19H18F3N5O3S/c20-19(21,22)13-3-5-15(6-4-13)31-12-17(28)26-8-9-29-14(10-26)11-30-27-18-16(24-25-27)2-1-7-23-18/h1-7,14H,8-12H2. The Bertz CT molecular complexity index is 1040. The van der Waals surface area contributed by atoms with Crippen LogP contribution in [-0.2, 0) is 15.7 Å². The third-order valence-electron chi connectivity index (χ3n) is 4.60. The Morgan fingerprint density at radius 2 is 2.06 bits per heavy atom. The molecule has 0 aliphatic carbocycles. The van der Waals surface area contributed by atoms with E-state index in [1.165, 1.54) is 28.7 Å². The number of amides is 1. The Balaban J connectivity index is 1.27. The van der Waals surface area contributed by atoms with E-state index in [1.54, 1.807) is 23.2 Å². The van der Waals surface area contributed by atoms with Gasteiger partial charge in [0.15, 0.2) is 0 Å². The van der Waals surface area contributed by atoms with E-state index >= 15 is 0 Å². The van der Waals surface area contributed by atoms with Gasteiger partial charge in [-0.25, -0.2) is 4.98 Å².